The van der Waals surface area contributed by atoms with Gasteiger partial charge in [-0.2, -0.15) is 5.10 Å². The molecule has 90 valence electrons. The Morgan fingerprint density at radius 2 is 2.06 bits per heavy atom. The van der Waals surface area contributed by atoms with Gasteiger partial charge in [-0.05, 0) is 5.56 Å². The molecular weight excluding hydrogens is 214 g/mol. The summed E-state index contributed by atoms with van der Waals surface area (Å²) in [5.74, 6) is 0.860. The Labute approximate surface area is 101 Å². The Bertz CT molecular complexity index is 453. The van der Waals surface area contributed by atoms with Crippen molar-refractivity contribution in [1.82, 2.24) is 9.78 Å². The van der Waals surface area contributed by atoms with Crippen molar-refractivity contribution >= 4 is 5.82 Å². The number of nitrogens with zero attached hydrogens (tertiary/aromatic N) is 2. The van der Waals surface area contributed by atoms with E-state index in [1.54, 1.807) is 11.8 Å². The monoisotopic (exact) mass is 231 g/mol. The summed E-state index contributed by atoms with van der Waals surface area (Å²) in [6.45, 7) is 0.612. The minimum Gasteiger partial charge on any atom is -0.382 e. The van der Waals surface area contributed by atoms with E-state index in [-0.39, 0.29) is 6.04 Å². The van der Waals surface area contributed by atoms with E-state index in [0.717, 1.165) is 5.82 Å². The minimum absolute atomic E-state index is 0.121. The molecule has 1 unspecified atom stereocenters. The van der Waals surface area contributed by atoms with E-state index in [1.807, 2.05) is 37.5 Å². The molecule has 0 aliphatic heterocycles. The van der Waals surface area contributed by atoms with Crippen molar-refractivity contribution in [3.63, 3.8) is 0 Å². The number of aryl methyl sites for hydroxylation is 1. The topological polar surface area (TPSA) is 39.1 Å². The van der Waals surface area contributed by atoms with Crippen LogP contribution in [0.15, 0.2) is 42.6 Å². The highest BCUT2D eigenvalue weighted by Crippen LogP contribution is 2.18. The van der Waals surface area contributed by atoms with Gasteiger partial charge in [-0.3, -0.25) is 4.68 Å². The summed E-state index contributed by atoms with van der Waals surface area (Å²) in [5.41, 5.74) is 1.19. The number of aromatic nitrogens is 2. The van der Waals surface area contributed by atoms with Gasteiger partial charge in [0, 0.05) is 26.4 Å². The lowest BCUT2D eigenvalue weighted by Crippen LogP contribution is -2.16. The predicted molar refractivity (Wildman–Crippen MR) is 67.9 cm³/mol. The van der Waals surface area contributed by atoms with Crippen LogP contribution >= 0.6 is 0 Å². The Balaban J connectivity index is 2.13. The highest BCUT2D eigenvalue weighted by Gasteiger charge is 2.11. The SMILES string of the molecule is COCC(Nc1ccn(C)n1)c1ccccc1. The first-order valence-corrected chi connectivity index (χ1v) is 5.59. The van der Waals surface area contributed by atoms with E-state index >= 15 is 0 Å². The van der Waals surface area contributed by atoms with Crippen LogP contribution in [0.4, 0.5) is 5.82 Å². The second-order valence-electron chi connectivity index (χ2n) is 3.94. The summed E-state index contributed by atoms with van der Waals surface area (Å²) in [7, 11) is 3.61. The van der Waals surface area contributed by atoms with Crippen LogP contribution < -0.4 is 5.32 Å². The van der Waals surface area contributed by atoms with Crippen LogP contribution in [0, 0.1) is 0 Å². The van der Waals surface area contributed by atoms with Gasteiger partial charge in [-0.15, -0.1) is 0 Å². The molecule has 4 nitrogen and oxygen atoms in total. The van der Waals surface area contributed by atoms with Crippen LogP contribution in [0.1, 0.15) is 11.6 Å². The molecule has 0 radical (unpaired) electrons. The number of rotatable bonds is 5. The van der Waals surface area contributed by atoms with E-state index in [4.69, 9.17) is 4.74 Å². The summed E-state index contributed by atoms with van der Waals surface area (Å²) in [6, 6.07) is 12.3. The molecule has 1 aromatic carbocycles. The molecule has 1 N–H and O–H groups in total. The van der Waals surface area contributed by atoms with Crippen LogP contribution in [0.5, 0.6) is 0 Å². The maximum Gasteiger partial charge on any atom is 0.148 e. The van der Waals surface area contributed by atoms with E-state index in [1.165, 1.54) is 5.56 Å². The smallest absolute Gasteiger partial charge is 0.148 e. The third-order valence-electron chi connectivity index (χ3n) is 2.57. The zero-order chi connectivity index (χ0) is 12.1. The van der Waals surface area contributed by atoms with Gasteiger partial charge < -0.3 is 10.1 Å². The van der Waals surface area contributed by atoms with Gasteiger partial charge in [-0.25, -0.2) is 0 Å². The number of hydrogen-bond donors (Lipinski definition) is 1. The van der Waals surface area contributed by atoms with Gasteiger partial charge in [-0.1, -0.05) is 30.3 Å². The summed E-state index contributed by atoms with van der Waals surface area (Å²) >= 11 is 0. The molecule has 0 saturated carbocycles. The molecule has 0 saturated heterocycles. The van der Waals surface area contributed by atoms with Crippen LogP contribution in [-0.2, 0) is 11.8 Å². The van der Waals surface area contributed by atoms with Crippen molar-refractivity contribution in [2.45, 2.75) is 6.04 Å². The van der Waals surface area contributed by atoms with Crippen molar-refractivity contribution in [3.8, 4) is 0 Å². The fourth-order valence-corrected chi connectivity index (χ4v) is 1.74. The summed E-state index contributed by atoms with van der Waals surface area (Å²) in [4.78, 5) is 0. The highest BCUT2D eigenvalue weighted by molar-refractivity contribution is 5.37. The highest BCUT2D eigenvalue weighted by atomic mass is 16.5. The molecule has 17 heavy (non-hydrogen) atoms. The molecule has 0 bridgehead atoms. The Morgan fingerprint density at radius 1 is 1.29 bits per heavy atom. The molecule has 2 rings (SSSR count). The number of anilines is 1. The minimum atomic E-state index is 0.121. The van der Waals surface area contributed by atoms with Crippen molar-refractivity contribution in [2.24, 2.45) is 7.05 Å². The second kappa shape index (κ2) is 5.50. The van der Waals surface area contributed by atoms with Crippen LogP contribution in [0.3, 0.4) is 0 Å². The molecule has 0 fully saturated rings. The maximum absolute atomic E-state index is 5.24. The van der Waals surface area contributed by atoms with Gasteiger partial charge in [0.1, 0.15) is 5.82 Å². The zero-order valence-electron chi connectivity index (χ0n) is 10.1. The van der Waals surface area contributed by atoms with Gasteiger partial charge in [0.05, 0.1) is 12.6 Å². The third kappa shape index (κ3) is 3.07. The first kappa shape index (κ1) is 11.7. The van der Waals surface area contributed by atoms with Crippen LogP contribution in [0.2, 0.25) is 0 Å². The molecule has 1 atom stereocenters. The molecule has 1 heterocycles. The largest absolute Gasteiger partial charge is 0.382 e. The maximum atomic E-state index is 5.24. The Hall–Kier alpha value is -1.81. The Kier molecular flexibility index (Phi) is 3.77. The van der Waals surface area contributed by atoms with E-state index in [2.05, 4.69) is 22.5 Å². The molecule has 4 heteroatoms. The molecule has 0 aliphatic rings. The molecule has 1 aromatic heterocycles. The fourth-order valence-electron chi connectivity index (χ4n) is 1.74. The van der Waals surface area contributed by atoms with Crippen molar-refractivity contribution < 1.29 is 4.74 Å². The molecule has 0 amide bonds. The molecular formula is C13H17N3O. The number of nitrogens with one attached hydrogen (secondary N) is 1. The van der Waals surface area contributed by atoms with Gasteiger partial charge >= 0.3 is 0 Å². The van der Waals surface area contributed by atoms with Crippen LogP contribution in [0.25, 0.3) is 0 Å². The lowest BCUT2D eigenvalue weighted by molar-refractivity contribution is 0.186. The van der Waals surface area contributed by atoms with Gasteiger partial charge in [0.25, 0.3) is 0 Å². The molecule has 0 aliphatic carbocycles. The standard InChI is InChI=1S/C13H17N3O/c1-16-9-8-13(15-16)14-12(10-17-2)11-6-4-3-5-7-11/h3-9,12H,10H2,1-2H3,(H,14,15). The average Bonchev–Trinajstić information content (AvgIpc) is 2.75. The second-order valence-corrected chi connectivity index (χ2v) is 3.94. The normalized spacial score (nSPS) is 12.4. The quantitative estimate of drug-likeness (QED) is 0.857. The molecule has 0 spiro atoms. The first-order chi connectivity index (χ1) is 8.29. The summed E-state index contributed by atoms with van der Waals surface area (Å²) in [6.07, 6.45) is 1.91. The van der Waals surface area contributed by atoms with E-state index in [9.17, 15) is 0 Å². The first-order valence-electron chi connectivity index (χ1n) is 5.59. The summed E-state index contributed by atoms with van der Waals surface area (Å²) in [5, 5.41) is 7.67. The Morgan fingerprint density at radius 3 is 2.65 bits per heavy atom. The number of benzene rings is 1. The molecule has 2 aromatic rings. The van der Waals surface area contributed by atoms with Crippen molar-refractivity contribution in [2.75, 3.05) is 19.0 Å². The number of methoxy groups -OCH3 is 1. The lowest BCUT2D eigenvalue weighted by atomic mass is 10.1. The van der Waals surface area contributed by atoms with E-state index < -0.39 is 0 Å². The number of hydrogen-bond acceptors (Lipinski definition) is 3. The predicted octanol–water partition coefficient (Wildman–Crippen LogP) is 2.22. The van der Waals surface area contributed by atoms with Crippen molar-refractivity contribution in [3.05, 3.63) is 48.2 Å². The third-order valence-corrected chi connectivity index (χ3v) is 2.57. The summed E-state index contributed by atoms with van der Waals surface area (Å²) < 4.78 is 7.02. The number of ether oxygens (including phenoxy) is 1. The lowest BCUT2D eigenvalue weighted by Gasteiger charge is -2.17. The zero-order valence-corrected chi connectivity index (χ0v) is 10.1. The average molecular weight is 231 g/mol. The van der Waals surface area contributed by atoms with Gasteiger partial charge in [0.2, 0.25) is 0 Å². The van der Waals surface area contributed by atoms with Crippen molar-refractivity contribution in [1.29, 1.82) is 0 Å². The van der Waals surface area contributed by atoms with Gasteiger partial charge in [0.15, 0.2) is 0 Å². The van der Waals surface area contributed by atoms with E-state index in [0.29, 0.717) is 6.61 Å². The van der Waals surface area contributed by atoms with Crippen LogP contribution in [-0.4, -0.2) is 23.5 Å². The fraction of sp³-hybridized carbons (Fsp3) is 0.308.